The molecule has 1 unspecified atom stereocenters. The van der Waals surface area contributed by atoms with Gasteiger partial charge in [0.2, 0.25) is 0 Å². The molecule has 0 amide bonds. The Hall–Kier alpha value is -0.550. The molecule has 0 bridgehead atoms. The summed E-state index contributed by atoms with van der Waals surface area (Å²) in [5.41, 5.74) is -1.16. The van der Waals surface area contributed by atoms with E-state index in [0.717, 1.165) is 0 Å². The Morgan fingerprint density at radius 1 is 1.22 bits per heavy atom. The largest absolute Gasteiger partial charge is 0.415 e. The summed E-state index contributed by atoms with van der Waals surface area (Å²) in [5.74, 6) is -2.17. The molecule has 1 nitrogen and oxygen atoms in total. The second-order valence-corrected chi connectivity index (χ2v) is 7.97. The number of hydrogen-bond donors (Lipinski definition) is 0. The Morgan fingerprint density at radius 2 is 1.83 bits per heavy atom. The number of allylic oxidation sites excluding steroid dienone is 3. The highest BCUT2D eigenvalue weighted by molar-refractivity contribution is 6.31. The summed E-state index contributed by atoms with van der Waals surface area (Å²) in [6, 6.07) is 0. The van der Waals surface area contributed by atoms with Crippen molar-refractivity contribution in [2.24, 2.45) is 17.3 Å². The Balaban J connectivity index is 2.20. The minimum absolute atomic E-state index is 0.00325. The highest BCUT2D eigenvalue weighted by Gasteiger charge is 2.48. The average Bonchev–Trinajstić information content (AvgIpc) is 2.87. The van der Waals surface area contributed by atoms with Gasteiger partial charge >= 0.3 is 6.18 Å². The maximum absolute atomic E-state index is 14.0. The van der Waals surface area contributed by atoms with Crippen LogP contribution < -0.4 is 0 Å². The number of rotatable bonds is 2. The highest BCUT2D eigenvalue weighted by atomic mass is 35.5. The van der Waals surface area contributed by atoms with Gasteiger partial charge < -0.3 is 4.74 Å². The molecule has 23 heavy (non-hydrogen) atoms. The van der Waals surface area contributed by atoms with Crippen molar-refractivity contribution in [2.45, 2.75) is 65.3 Å². The van der Waals surface area contributed by atoms with E-state index in [1.807, 2.05) is 6.92 Å². The van der Waals surface area contributed by atoms with Crippen LogP contribution in [0.2, 0.25) is 0 Å². The summed E-state index contributed by atoms with van der Waals surface area (Å²) in [6.45, 7) is 8.29. The van der Waals surface area contributed by atoms with Crippen LogP contribution in [0.5, 0.6) is 0 Å². The second kappa shape index (κ2) is 6.40. The fraction of sp³-hybridized carbons (Fsp3) is 0.765. The van der Waals surface area contributed by atoms with E-state index in [-0.39, 0.29) is 23.9 Å². The summed E-state index contributed by atoms with van der Waals surface area (Å²) in [5, 5.41) is -0.453. The van der Waals surface area contributed by atoms with Gasteiger partial charge in [0, 0.05) is 5.92 Å². The van der Waals surface area contributed by atoms with Gasteiger partial charge in [-0.2, -0.15) is 13.2 Å². The average molecular weight is 355 g/mol. The van der Waals surface area contributed by atoms with Crippen LogP contribution in [0.4, 0.5) is 17.6 Å². The van der Waals surface area contributed by atoms with Gasteiger partial charge in [-0.3, -0.25) is 0 Å². The van der Waals surface area contributed by atoms with Crippen molar-refractivity contribution >= 4 is 11.6 Å². The van der Waals surface area contributed by atoms with Gasteiger partial charge in [0.05, 0.1) is 22.8 Å². The lowest BCUT2D eigenvalue weighted by atomic mass is 9.78. The van der Waals surface area contributed by atoms with Crippen LogP contribution in [-0.4, -0.2) is 18.4 Å². The quantitative estimate of drug-likeness (QED) is 0.541. The van der Waals surface area contributed by atoms with E-state index in [2.05, 4.69) is 20.8 Å². The summed E-state index contributed by atoms with van der Waals surface area (Å²) in [4.78, 5) is 0. The second-order valence-electron chi connectivity index (χ2n) is 7.56. The zero-order chi connectivity index (χ0) is 17.6. The van der Waals surface area contributed by atoms with Crippen LogP contribution in [0.3, 0.4) is 0 Å². The Bertz CT molecular complexity index is 516. The van der Waals surface area contributed by atoms with Gasteiger partial charge in [-0.15, -0.1) is 0 Å². The molecule has 1 saturated heterocycles. The normalized spacial score (nSPS) is 31.3. The Kier molecular flexibility index (Phi) is 5.22. The van der Waals surface area contributed by atoms with Gasteiger partial charge in [-0.05, 0) is 30.6 Å². The van der Waals surface area contributed by atoms with Crippen molar-refractivity contribution in [3.8, 4) is 0 Å². The first-order valence-corrected chi connectivity index (χ1v) is 8.29. The maximum Gasteiger partial charge on any atom is 0.415 e. The molecule has 0 N–H and O–H groups in total. The first kappa shape index (κ1) is 18.8. The molecule has 132 valence electrons. The van der Waals surface area contributed by atoms with Crippen molar-refractivity contribution in [3.05, 3.63) is 22.5 Å². The molecule has 0 radical (unpaired) electrons. The van der Waals surface area contributed by atoms with Gasteiger partial charge in [-0.25, -0.2) is 4.39 Å². The molecular weight excluding hydrogens is 332 g/mol. The van der Waals surface area contributed by atoms with E-state index in [1.54, 1.807) is 0 Å². The van der Waals surface area contributed by atoms with E-state index < -0.39 is 34.6 Å². The summed E-state index contributed by atoms with van der Waals surface area (Å²) >= 11 is 5.57. The first-order valence-electron chi connectivity index (χ1n) is 7.91. The smallest absolute Gasteiger partial charge is 0.374 e. The van der Waals surface area contributed by atoms with E-state index in [1.165, 1.54) is 6.08 Å². The molecule has 4 atom stereocenters. The van der Waals surface area contributed by atoms with E-state index in [9.17, 15) is 17.6 Å². The predicted molar refractivity (Wildman–Crippen MR) is 82.7 cm³/mol. The van der Waals surface area contributed by atoms with Gasteiger partial charge in [0.25, 0.3) is 0 Å². The third-order valence-corrected chi connectivity index (χ3v) is 5.45. The van der Waals surface area contributed by atoms with Crippen LogP contribution in [0.15, 0.2) is 22.5 Å². The van der Waals surface area contributed by atoms with Gasteiger partial charge in [0.15, 0.2) is 0 Å². The topological polar surface area (TPSA) is 9.23 Å². The van der Waals surface area contributed by atoms with E-state index in [4.69, 9.17) is 16.3 Å². The van der Waals surface area contributed by atoms with Crippen molar-refractivity contribution < 1.29 is 22.3 Å². The maximum atomic E-state index is 14.0. The van der Waals surface area contributed by atoms with Crippen LogP contribution in [0, 0.1) is 17.3 Å². The third-order valence-electron chi connectivity index (χ3n) is 5.13. The van der Waals surface area contributed by atoms with Gasteiger partial charge in [-0.1, -0.05) is 45.4 Å². The highest BCUT2D eigenvalue weighted by Crippen LogP contribution is 2.47. The van der Waals surface area contributed by atoms with E-state index >= 15 is 0 Å². The molecule has 0 saturated carbocycles. The molecule has 1 heterocycles. The molecule has 0 aromatic rings. The third kappa shape index (κ3) is 3.93. The minimum atomic E-state index is -4.74. The number of hydrogen-bond acceptors (Lipinski definition) is 1. The fourth-order valence-corrected chi connectivity index (χ4v) is 3.50. The van der Waals surface area contributed by atoms with Crippen molar-refractivity contribution in [1.29, 1.82) is 0 Å². The molecular formula is C17H23ClF4O. The molecule has 1 aliphatic carbocycles. The minimum Gasteiger partial charge on any atom is -0.374 e. The van der Waals surface area contributed by atoms with Crippen molar-refractivity contribution in [1.82, 2.24) is 0 Å². The number of ether oxygens (including phenoxy) is 1. The predicted octanol–water partition coefficient (Wildman–Crippen LogP) is 6.14. The van der Waals surface area contributed by atoms with Crippen molar-refractivity contribution in [2.75, 3.05) is 0 Å². The van der Waals surface area contributed by atoms with Crippen molar-refractivity contribution in [3.63, 3.8) is 0 Å². The zero-order valence-electron chi connectivity index (χ0n) is 13.8. The molecule has 2 aliphatic rings. The lowest BCUT2D eigenvalue weighted by Gasteiger charge is -2.34. The molecule has 0 spiro atoms. The summed E-state index contributed by atoms with van der Waals surface area (Å²) in [6.07, 6.45) is -2.87. The molecule has 1 aliphatic heterocycles. The van der Waals surface area contributed by atoms with Crippen LogP contribution in [0.1, 0.15) is 47.0 Å². The van der Waals surface area contributed by atoms with E-state index in [0.29, 0.717) is 12.8 Å². The zero-order valence-corrected chi connectivity index (χ0v) is 14.6. The molecule has 1 fully saturated rings. The SMILES string of the molecule is C[C@@H]([C@@H]1CC[C@H](C2CC=C(Cl)C(F)=C2C(F)(F)F)O1)C(C)(C)C. The standard InChI is InChI=1S/C17H23ClF4O/c1-9(16(2,3)4)12-7-8-13(23-12)10-5-6-11(18)15(19)14(10)17(20,21)22/h6,9-10,12-13H,5,7-8H2,1-4H3/t9-,10?,12-,13+/m0/s1. The van der Waals surface area contributed by atoms with Crippen LogP contribution >= 0.6 is 11.6 Å². The monoisotopic (exact) mass is 354 g/mol. The summed E-state index contributed by atoms with van der Waals surface area (Å²) in [7, 11) is 0. The number of alkyl halides is 3. The number of halogens is 5. The lowest BCUT2D eigenvalue weighted by molar-refractivity contribution is -0.113. The fourth-order valence-electron chi connectivity index (χ4n) is 3.31. The Morgan fingerprint density at radius 3 is 2.35 bits per heavy atom. The summed E-state index contributed by atoms with van der Waals surface area (Å²) < 4.78 is 59.7. The van der Waals surface area contributed by atoms with Gasteiger partial charge in [0.1, 0.15) is 5.83 Å². The molecule has 0 aromatic heterocycles. The Labute approximate surface area is 139 Å². The molecule has 2 rings (SSSR count). The lowest BCUT2D eigenvalue weighted by Crippen LogP contribution is -2.34. The first-order chi connectivity index (χ1) is 10.4. The van der Waals surface area contributed by atoms with Crippen LogP contribution in [-0.2, 0) is 4.74 Å². The molecule has 0 aromatic carbocycles. The van der Waals surface area contributed by atoms with Crippen LogP contribution in [0.25, 0.3) is 0 Å². The molecule has 6 heteroatoms.